The molecule has 0 atom stereocenters. The maximum Gasteiger partial charge on any atom is 0.335 e. The number of aromatic carboxylic acids is 1. The standard InChI is InChI=1S/C22H19N3O3S/c1-14-5-2-3-7-18(14)19-8-4-6-16(20(19)26)13-23-25-22(29)24-17-11-9-15(10-12-17)21(27)28/h2-13,26H,1H3,(H,27,28)(H2,24,25,29). The highest BCUT2D eigenvalue weighted by Gasteiger charge is 2.09. The lowest BCUT2D eigenvalue weighted by Gasteiger charge is -2.10. The van der Waals surface area contributed by atoms with Crippen molar-refractivity contribution in [3.05, 3.63) is 83.4 Å². The molecule has 3 aromatic rings. The van der Waals surface area contributed by atoms with Gasteiger partial charge in [-0.05, 0) is 60.6 Å². The minimum atomic E-state index is -0.991. The van der Waals surface area contributed by atoms with Gasteiger partial charge in [0.2, 0.25) is 0 Å². The van der Waals surface area contributed by atoms with Crippen LogP contribution < -0.4 is 10.7 Å². The average molecular weight is 405 g/mol. The van der Waals surface area contributed by atoms with E-state index in [-0.39, 0.29) is 16.4 Å². The number of carboxylic acid groups (broad SMARTS) is 1. The van der Waals surface area contributed by atoms with Gasteiger partial charge in [-0.1, -0.05) is 36.4 Å². The lowest BCUT2D eigenvalue weighted by atomic mass is 9.98. The molecule has 0 bridgehead atoms. The highest BCUT2D eigenvalue weighted by Crippen LogP contribution is 2.33. The Kier molecular flexibility index (Phi) is 6.21. The van der Waals surface area contributed by atoms with Crippen LogP contribution in [0.25, 0.3) is 11.1 Å². The number of aromatic hydroxyl groups is 1. The molecule has 4 N–H and O–H groups in total. The number of nitrogens with zero attached hydrogens (tertiary/aromatic N) is 1. The highest BCUT2D eigenvalue weighted by atomic mass is 32.1. The molecule has 0 saturated heterocycles. The quantitative estimate of drug-likeness (QED) is 0.286. The fraction of sp³-hybridized carbons (Fsp3) is 0.0455. The summed E-state index contributed by atoms with van der Waals surface area (Å²) in [6.07, 6.45) is 1.48. The molecule has 0 radical (unpaired) electrons. The Morgan fingerprint density at radius 3 is 2.38 bits per heavy atom. The highest BCUT2D eigenvalue weighted by molar-refractivity contribution is 7.80. The second kappa shape index (κ2) is 8.99. The van der Waals surface area contributed by atoms with Crippen LogP contribution in [0.4, 0.5) is 5.69 Å². The van der Waals surface area contributed by atoms with Crippen LogP contribution in [0.3, 0.4) is 0 Å². The van der Waals surface area contributed by atoms with Gasteiger partial charge >= 0.3 is 5.97 Å². The van der Waals surface area contributed by atoms with Crippen LogP contribution in [0.1, 0.15) is 21.5 Å². The largest absolute Gasteiger partial charge is 0.507 e. The topological polar surface area (TPSA) is 94.0 Å². The fourth-order valence-corrected chi connectivity index (χ4v) is 2.94. The summed E-state index contributed by atoms with van der Waals surface area (Å²) in [5, 5.41) is 26.7. The maximum absolute atomic E-state index is 10.9. The number of hydrazone groups is 1. The molecule has 0 aliphatic carbocycles. The average Bonchev–Trinajstić information content (AvgIpc) is 2.70. The zero-order valence-corrected chi connectivity index (χ0v) is 16.4. The summed E-state index contributed by atoms with van der Waals surface area (Å²) in [7, 11) is 0. The molecule has 29 heavy (non-hydrogen) atoms. The van der Waals surface area contributed by atoms with Crippen LogP contribution in [-0.2, 0) is 0 Å². The minimum absolute atomic E-state index is 0.135. The third kappa shape index (κ3) is 4.97. The normalized spacial score (nSPS) is 10.7. The molecule has 0 unspecified atom stereocenters. The molecule has 0 fully saturated rings. The number of rotatable bonds is 5. The van der Waals surface area contributed by atoms with Crippen molar-refractivity contribution in [1.82, 2.24) is 5.43 Å². The van der Waals surface area contributed by atoms with Gasteiger partial charge in [0, 0.05) is 16.8 Å². The van der Waals surface area contributed by atoms with Crippen LogP contribution in [0.2, 0.25) is 0 Å². The lowest BCUT2D eigenvalue weighted by Crippen LogP contribution is -2.23. The number of benzene rings is 3. The van der Waals surface area contributed by atoms with Crippen molar-refractivity contribution in [2.24, 2.45) is 5.10 Å². The molecule has 0 saturated carbocycles. The molecular weight excluding hydrogens is 386 g/mol. The summed E-state index contributed by atoms with van der Waals surface area (Å²) in [6.45, 7) is 1.99. The van der Waals surface area contributed by atoms with E-state index in [2.05, 4.69) is 15.8 Å². The first-order valence-corrected chi connectivity index (χ1v) is 9.18. The smallest absolute Gasteiger partial charge is 0.335 e. The predicted molar refractivity (Wildman–Crippen MR) is 119 cm³/mol. The van der Waals surface area contributed by atoms with Crippen molar-refractivity contribution in [3.63, 3.8) is 0 Å². The number of carbonyl (C=O) groups is 1. The molecule has 3 rings (SSSR count). The summed E-state index contributed by atoms with van der Waals surface area (Å²) >= 11 is 5.17. The molecule has 0 amide bonds. The van der Waals surface area contributed by atoms with Crippen molar-refractivity contribution in [1.29, 1.82) is 0 Å². The van der Waals surface area contributed by atoms with E-state index < -0.39 is 5.97 Å². The SMILES string of the molecule is Cc1ccccc1-c1cccc(C=NNC(=S)Nc2ccc(C(=O)O)cc2)c1O. The number of hydrogen-bond donors (Lipinski definition) is 4. The summed E-state index contributed by atoms with van der Waals surface area (Å²) in [4.78, 5) is 10.9. The third-order valence-electron chi connectivity index (χ3n) is 4.26. The van der Waals surface area contributed by atoms with Crippen LogP contribution in [0.15, 0.2) is 71.8 Å². The number of nitrogens with one attached hydrogen (secondary N) is 2. The van der Waals surface area contributed by atoms with Crippen LogP contribution in [0.5, 0.6) is 5.75 Å². The molecule has 0 heterocycles. The second-order valence-electron chi connectivity index (χ2n) is 6.26. The monoisotopic (exact) mass is 405 g/mol. The number of para-hydroxylation sites is 1. The molecule has 0 spiro atoms. The van der Waals surface area contributed by atoms with Crippen molar-refractivity contribution in [3.8, 4) is 16.9 Å². The van der Waals surface area contributed by atoms with Gasteiger partial charge in [0.1, 0.15) is 5.75 Å². The third-order valence-corrected chi connectivity index (χ3v) is 4.46. The Hall–Kier alpha value is -3.71. The van der Waals surface area contributed by atoms with Crippen molar-refractivity contribution < 1.29 is 15.0 Å². The van der Waals surface area contributed by atoms with Gasteiger partial charge in [0.25, 0.3) is 0 Å². The Labute approximate surface area is 173 Å². The molecule has 0 aromatic heterocycles. The number of thiocarbonyl (C=S) groups is 1. The number of phenols is 1. The van der Waals surface area contributed by atoms with Crippen molar-refractivity contribution >= 4 is 35.2 Å². The molecule has 3 aromatic carbocycles. The second-order valence-corrected chi connectivity index (χ2v) is 6.67. The molecule has 0 aliphatic heterocycles. The molecule has 7 heteroatoms. The van der Waals surface area contributed by atoms with E-state index >= 15 is 0 Å². The van der Waals surface area contributed by atoms with E-state index in [1.807, 2.05) is 43.3 Å². The van der Waals surface area contributed by atoms with Gasteiger partial charge in [-0.25, -0.2) is 4.79 Å². The van der Waals surface area contributed by atoms with E-state index in [0.717, 1.165) is 16.7 Å². The van der Waals surface area contributed by atoms with Crippen molar-refractivity contribution in [2.75, 3.05) is 5.32 Å². The molecular formula is C22H19N3O3S. The summed E-state index contributed by atoms with van der Waals surface area (Å²) in [5.41, 5.74) is 6.79. The molecule has 146 valence electrons. The number of hydrogen-bond acceptors (Lipinski definition) is 4. The number of aryl methyl sites for hydroxylation is 1. The Bertz CT molecular complexity index is 1080. The van der Waals surface area contributed by atoms with Crippen LogP contribution in [0, 0.1) is 6.92 Å². The summed E-state index contributed by atoms with van der Waals surface area (Å²) in [5.74, 6) is -0.856. The van der Waals surface area contributed by atoms with Gasteiger partial charge in [0.05, 0.1) is 11.8 Å². The Balaban J connectivity index is 1.67. The molecule has 6 nitrogen and oxygen atoms in total. The van der Waals surface area contributed by atoms with E-state index in [4.69, 9.17) is 17.3 Å². The number of anilines is 1. The zero-order valence-electron chi connectivity index (χ0n) is 15.6. The Morgan fingerprint density at radius 2 is 1.69 bits per heavy atom. The first-order chi connectivity index (χ1) is 14.0. The zero-order chi connectivity index (χ0) is 20.8. The van der Waals surface area contributed by atoms with E-state index in [9.17, 15) is 9.90 Å². The van der Waals surface area contributed by atoms with Crippen molar-refractivity contribution in [2.45, 2.75) is 6.92 Å². The minimum Gasteiger partial charge on any atom is -0.507 e. The van der Waals surface area contributed by atoms with Crippen LogP contribution >= 0.6 is 12.2 Å². The van der Waals surface area contributed by atoms with Gasteiger partial charge in [0.15, 0.2) is 5.11 Å². The summed E-state index contributed by atoms with van der Waals surface area (Å²) in [6, 6.07) is 19.5. The van der Waals surface area contributed by atoms with Gasteiger partial charge in [-0.15, -0.1) is 0 Å². The van der Waals surface area contributed by atoms with E-state index in [1.54, 1.807) is 18.2 Å². The lowest BCUT2D eigenvalue weighted by molar-refractivity contribution is 0.0697. The summed E-state index contributed by atoms with van der Waals surface area (Å²) < 4.78 is 0. The maximum atomic E-state index is 10.9. The van der Waals surface area contributed by atoms with Gasteiger partial charge in [-0.2, -0.15) is 5.10 Å². The van der Waals surface area contributed by atoms with E-state index in [0.29, 0.717) is 11.3 Å². The van der Waals surface area contributed by atoms with Crippen LogP contribution in [-0.4, -0.2) is 27.5 Å². The first kappa shape index (κ1) is 20.0. The Morgan fingerprint density at radius 1 is 1.00 bits per heavy atom. The predicted octanol–water partition coefficient (Wildman–Crippen LogP) is 4.39. The van der Waals surface area contributed by atoms with Gasteiger partial charge in [-0.3, -0.25) is 5.43 Å². The first-order valence-electron chi connectivity index (χ1n) is 8.77. The number of phenolic OH excluding ortho intramolecular Hbond substituents is 1. The number of carboxylic acids is 1. The fourth-order valence-electron chi connectivity index (χ4n) is 2.77. The van der Waals surface area contributed by atoms with E-state index in [1.165, 1.54) is 18.3 Å². The van der Waals surface area contributed by atoms with Gasteiger partial charge < -0.3 is 15.5 Å². The molecule has 0 aliphatic rings.